The molecular weight excluding hydrogens is 260 g/mol. The zero-order chi connectivity index (χ0) is 14.7. The first-order valence-corrected chi connectivity index (χ1v) is 6.08. The van der Waals surface area contributed by atoms with Crippen molar-refractivity contribution in [2.45, 2.75) is 6.10 Å². The highest BCUT2D eigenvalue weighted by Gasteiger charge is 2.23. The number of hydrogen-bond acceptors (Lipinski definition) is 5. The van der Waals surface area contributed by atoms with Gasteiger partial charge in [-0.15, -0.1) is 0 Å². The van der Waals surface area contributed by atoms with Crippen LogP contribution in [-0.4, -0.2) is 36.2 Å². The lowest BCUT2D eigenvalue weighted by molar-refractivity contribution is 0.199. The third-order valence-corrected chi connectivity index (χ3v) is 3.16. The molecule has 20 heavy (non-hydrogen) atoms. The number of benzene rings is 1. The number of nitrogens with zero attached hydrogens (tertiary/aromatic N) is 2. The minimum atomic E-state index is -0.928. The summed E-state index contributed by atoms with van der Waals surface area (Å²) in [6.07, 6.45) is 0.632. The van der Waals surface area contributed by atoms with Crippen molar-refractivity contribution in [3.63, 3.8) is 0 Å². The van der Waals surface area contributed by atoms with Crippen LogP contribution >= 0.6 is 0 Å². The van der Waals surface area contributed by atoms with Gasteiger partial charge >= 0.3 is 0 Å². The number of ether oxygens (including phenoxy) is 3. The Morgan fingerprint density at radius 1 is 1.10 bits per heavy atom. The zero-order valence-electron chi connectivity index (χ0n) is 12.0. The maximum atomic E-state index is 10.6. The lowest BCUT2D eigenvalue weighted by Gasteiger charge is -2.17. The zero-order valence-corrected chi connectivity index (χ0v) is 12.0. The average Bonchev–Trinajstić information content (AvgIpc) is 2.86. The van der Waals surface area contributed by atoms with Gasteiger partial charge in [0.1, 0.15) is 23.3 Å². The number of aliphatic hydroxyl groups excluding tert-OH is 1. The van der Waals surface area contributed by atoms with Gasteiger partial charge in [-0.25, -0.2) is 0 Å². The summed E-state index contributed by atoms with van der Waals surface area (Å²) >= 11 is 0. The average molecular weight is 278 g/mol. The highest BCUT2D eigenvalue weighted by molar-refractivity contribution is 5.46. The Balaban J connectivity index is 2.51. The molecule has 2 rings (SSSR count). The molecule has 6 nitrogen and oxygen atoms in total. The smallest absolute Gasteiger partial charge is 0.162 e. The van der Waals surface area contributed by atoms with Crippen molar-refractivity contribution < 1.29 is 19.3 Å². The predicted octanol–water partition coefficient (Wildman–Crippen LogP) is 1.53. The molecule has 1 atom stereocenters. The van der Waals surface area contributed by atoms with E-state index in [9.17, 15) is 5.11 Å². The minimum absolute atomic E-state index is 0.518. The van der Waals surface area contributed by atoms with Gasteiger partial charge in [0.05, 0.1) is 27.5 Å². The highest BCUT2D eigenvalue weighted by atomic mass is 16.5. The number of hydrogen-bond donors (Lipinski definition) is 1. The fraction of sp³-hybridized carbons (Fsp3) is 0.357. The summed E-state index contributed by atoms with van der Waals surface area (Å²) < 4.78 is 17.3. The van der Waals surface area contributed by atoms with Gasteiger partial charge in [-0.2, -0.15) is 5.10 Å². The summed E-state index contributed by atoms with van der Waals surface area (Å²) in [5, 5.41) is 14.7. The molecule has 0 saturated carbocycles. The Kier molecular flexibility index (Phi) is 4.14. The lowest BCUT2D eigenvalue weighted by atomic mass is 10.0. The van der Waals surface area contributed by atoms with E-state index in [1.54, 1.807) is 50.3 Å². The Morgan fingerprint density at radius 2 is 1.80 bits per heavy atom. The molecule has 108 valence electrons. The third kappa shape index (κ3) is 2.42. The summed E-state index contributed by atoms with van der Waals surface area (Å²) in [5.74, 6) is 1.73. The monoisotopic (exact) mass is 278 g/mol. The van der Waals surface area contributed by atoms with Crippen LogP contribution in [0.4, 0.5) is 0 Å². The summed E-state index contributed by atoms with van der Waals surface area (Å²) in [6, 6.07) is 5.26. The second-order valence-electron chi connectivity index (χ2n) is 4.23. The normalized spacial score (nSPS) is 12.1. The molecule has 1 N–H and O–H groups in total. The van der Waals surface area contributed by atoms with Gasteiger partial charge in [0, 0.05) is 12.6 Å². The molecule has 0 aliphatic rings. The molecule has 0 amide bonds. The quantitative estimate of drug-likeness (QED) is 0.898. The summed E-state index contributed by atoms with van der Waals surface area (Å²) in [5.41, 5.74) is 1.15. The van der Waals surface area contributed by atoms with Crippen LogP contribution in [0, 0.1) is 0 Å². The molecule has 0 bridgehead atoms. The molecule has 1 aromatic heterocycles. The molecule has 0 aliphatic carbocycles. The topological polar surface area (TPSA) is 65.7 Å². The SMILES string of the molecule is COc1ccc(OC)c(C(O)c2c(OC)cnn2C)c1. The van der Waals surface area contributed by atoms with E-state index >= 15 is 0 Å². The fourth-order valence-corrected chi connectivity index (χ4v) is 2.10. The van der Waals surface area contributed by atoms with Crippen LogP contribution in [0.25, 0.3) is 0 Å². The van der Waals surface area contributed by atoms with Crippen LogP contribution in [0.5, 0.6) is 17.2 Å². The fourth-order valence-electron chi connectivity index (χ4n) is 2.10. The van der Waals surface area contributed by atoms with Crippen molar-refractivity contribution in [3.8, 4) is 17.2 Å². The molecular formula is C14H18N2O4. The lowest BCUT2D eigenvalue weighted by Crippen LogP contribution is -2.09. The molecule has 2 aromatic rings. The predicted molar refractivity (Wildman–Crippen MR) is 73.4 cm³/mol. The van der Waals surface area contributed by atoms with Crippen molar-refractivity contribution in [2.24, 2.45) is 7.05 Å². The third-order valence-electron chi connectivity index (χ3n) is 3.16. The Morgan fingerprint density at radius 3 is 2.40 bits per heavy atom. The number of aryl methyl sites for hydroxylation is 1. The number of aliphatic hydroxyl groups is 1. The van der Waals surface area contributed by atoms with Gasteiger partial charge in [-0.3, -0.25) is 4.68 Å². The first-order chi connectivity index (χ1) is 9.62. The summed E-state index contributed by atoms with van der Waals surface area (Å²) in [7, 11) is 6.41. The van der Waals surface area contributed by atoms with E-state index in [2.05, 4.69) is 5.10 Å². The van der Waals surface area contributed by atoms with E-state index in [0.29, 0.717) is 28.5 Å². The number of methoxy groups -OCH3 is 3. The van der Waals surface area contributed by atoms with Crippen molar-refractivity contribution in [3.05, 3.63) is 35.7 Å². The van der Waals surface area contributed by atoms with Crippen molar-refractivity contribution in [2.75, 3.05) is 21.3 Å². The largest absolute Gasteiger partial charge is 0.497 e. The van der Waals surface area contributed by atoms with E-state index in [0.717, 1.165) is 0 Å². The second-order valence-corrected chi connectivity index (χ2v) is 4.23. The van der Waals surface area contributed by atoms with Crippen LogP contribution < -0.4 is 14.2 Å². The van der Waals surface area contributed by atoms with Crippen LogP contribution in [-0.2, 0) is 7.05 Å². The van der Waals surface area contributed by atoms with Crippen molar-refractivity contribution in [1.82, 2.24) is 9.78 Å². The maximum Gasteiger partial charge on any atom is 0.162 e. The van der Waals surface area contributed by atoms with Gasteiger partial charge in [-0.1, -0.05) is 0 Å². The van der Waals surface area contributed by atoms with Crippen LogP contribution in [0.3, 0.4) is 0 Å². The standard InChI is InChI=1S/C14H18N2O4/c1-16-13(12(20-4)8-15-16)14(17)10-7-9(18-2)5-6-11(10)19-3/h5-8,14,17H,1-4H3. The van der Waals surface area contributed by atoms with E-state index in [-0.39, 0.29) is 0 Å². The van der Waals surface area contributed by atoms with Gasteiger partial charge in [0.25, 0.3) is 0 Å². The van der Waals surface area contributed by atoms with Gasteiger partial charge < -0.3 is 19.3 Å². The first kappa shape index (κ1) is 14.2. The number of aromatic nitrogens is 2. The molecule has 0 spiro atoms. The minimum Gasteiger partial charge on any atom is -0.497 e. The van der Waals surface area contributed by atoms with Gasteiger partial charge in [0.15, 0.2) is 5.75 Å². The van der Waals surface area contributed by atoms with Crippen molar-refractivity contribution >= 4 is 0 Å². The maximum absolute atomic E-state index is 10.6. The summed E-state index contributed by atoms with van der Waals surface area (Å²) in [4.78, 5) is 0. The molecule has 1 aromatic carbocycles. The first-order valence-electron chi connectivity index (χ1n) is 6.08. The van der Waals surface area contributed by atoms with Gasteiger partial charge in [0.2, 0.25) is 0 Å². The molecule has 1 unspecified atom stereocenters. The van der Waals surface area contributed by atoms with E-state index in [4.69, 9.17) is 14.2 Å². The highest BCUT2D eigenvalue weighted by Crippen LogP contribution is 2.36. The Hall–Kier alpha value is -2.21. The Labute approximate surface area is 117 Å². The van der Waals surface area contributed by atoms with E-state index in [1.165, 1.54) is 7.11 Å². The molecule has 0 radical (unpaired) electrons. The Bertz CT molecular complexity index is 595. The molecule has 0 aliphatic heterocycles. The van der Waals surface area contributed by atoms with Gasteiger partial charge in [-0.05, 0) is 18.2 Å². The van der Waals surface area contributed by atoms with Crippen LogP contribution in [0.15, 0.2) is 24.4 Å². The second kappa shape index (κ2) is 5.83. The van der Waals surface area contributed by atoms with Crippen LogP contribution in [0.2, 0.25) is 0 Å². The molecule has 0 fully saturated rings. The van der Waals surface area contributed by atoms with E-state index in [1.807, 2.05) is 0 Å². The molecule has 0 saturated heterocycles. The summed E-state index contributed by atoms with van der Waals surface area (Å²) in [6.45, 7) is 0. The van der Waals surface area contributed by atoms with Crippen molar-refractivity contribution in [1.29, 1.82) is 0 Å². The molecule has 1 heterocycles. The van der Waals surface area contributed by atoms with E-state index < -0.39 is 6.10 Å². The van der Waals surface area contributed by atoms with Crippen LogP contribution in [0.1, 0.15) is 17.4 Å². The number of rotatable bonds is 5. The molecule has 6 heteroatoms.